The summed E-state index contributed by atoms with van der Waals surface area (Å²) in [5.74, 6) is 2.51. The zero-order chi connectivity index (χ0) is 27.6. The van der Waals surface area contributed by atoms with Crippen LogP contribution in [-0.2, 0) is 0 Å². The minimum atomic E-state index is 0.267. The first-order valence-electron chi connectivity index (χ1n) is 15.4. The number of hydrogen-bond acceptors (Lipinski definition) is 0. The minimum absolute atomic E-state index is 0.267. The van der Waals surface area contributed by atoms with Gasteiger partial charge < -0.3 is 0 Å². The van der Waals surface area contributed by atoms with Gasteiger partial charge in [0.2, 0.25) is 0 Å². The first kappa shape index (κ1) is 24.0. The lowest BCUT2D eigenvalue weighted by Gasteiger charge is -2.46. The maximum atomic E-state index is 2.49. The van der Waals surface area contributed by atoms with E-state index in [-0.39, 0.29) is 11.8 Å². The molecule has 0 heterocycles. The Labute approximate surface area is 247 Å². The number of hydrogen-bond donors (Lipinski definition) is 0. The van der Waals surface area contributed by atoms with Crippen LogP contribution in [0.1, 0.15) is 5.56 Å². The highest BCUT2D eigenvalue weighted by atomic mass is 14.5. The molecule has 0 saturated carbocycles. The number of rotatable bonds is 3. The summed E-state index contributed by atoms with van der Waals surface area (Å²) < 4.78 is 0. The van der Waals surface area contributed by atoms with E-state index in [0.29, 0.717) is 23.7 Å². The summed E-state index contributed by atoms with van der Waals surface area (Å²) in [4.78, 5) is 0. The summed E-state index contributed by atoms with van der Waals surface area (Å²) in [6.45, 7) is 0. The van der Waals surface area contributed by atoms with E-state index in [4.69, 9.17) is 0 Å². The molecular formula is C42H32. The van der Waals surface area contributed by atoms with Crippen molar-refractivity contribution < 1.29 is 0 Å². The van der Waals surface area contributed by atoms with E-state index >= 15 is 0 Å². The maximum absolute atomic E-state index is 2.49. The van der Waals surface area contributed by atoms with Crippen LogP contribution in [0.2, 0.25) is 0 Å². The fourth-order valence-electron chi connectivity index (χ4n) is 8.57. The topological polar surface area (TPSA) is 0 Å². The Morgan fingerprint density at radius 3 is 1.93 bits per heavy atom. The Balaban J connectivity index is 1.35. The summed E-state index contributed by atoms with van der Waals surface area (Å²) in [7, 11) is 0. The highest BCUT2D eigenvalue weighted by Gasteiger charge is 2.44. The number of benzene rings is 3. The van der Waals surface area contributed by atoms with E-state index in [9.17, 15) is 0 Å². The van der Waals surface area contributed by atoms with Crippen LogP contribution in [0.4, 0.5) is 0 Å². The van der Waals surface area contributed by atoms with Gasteiger partial charge in [0, 0.05) is 35.5 Å². The average molecular weight is 537 g/mol. The van der Waals surface area contributed by atoms with Gasteiger partial charge in [0.1, 0.15) is 0 Å². The van der Waals surface area contributed by atoms with Gasteiger partial charge in [-0.3, -0.25) is 0 Å². The zero-order valence-electron chi connectivity index (χ0n) is 23.5. The molecule has 0 heteroatoms. The molecule has 9 rings (SSSR count). The van der Waals surface area contributed by atoms with Crippen molar-refractivity contribution in [3.05, 3.63) is 191 Å². The van der Waals surface area contributed by atoms with Gasteiger partial charge >= 0.3 is 0 Å². The zero-order valence-corrected chi connectivity index (χ0v) is 23.5. The molecule has 6 aliphatic carbocycles. The molecule has 0 aliphatic heterocycles. The average Bonchev–Trinajstić information content (AvgIpc) is 3.06. The van der Waals surface area contributed by atoms with E-state index in [1.165, 1.54) is 55.0 Å². The summed E-state index contributed by atoms with van der Waals surface area (Å²) >= 11 is 0. The third-order valence-electron chi connectivity index (χ3n) is 10.3. The van der Waals surface area contributed by atoms with Crippen LogP contribution in [0.3, 0.4) is 0 Å². The Hall–Kier alpha value is -4.68. The predicted molar refractivity (Wildman–Crippen MR) is 174 cm³/mol. The third-order valence-corrected chi connectivity index (χ3v) is 10.3. The smallest absolute Gasteiger partial charge is 0.0137 e. The SMILES string of the molecule is C1=CC2C=CC3C=CC(C4=c5ccccc5=C(c5ccccc5-c5ccccc5)C5C=CC=CC45)=C4C=CC(=C1)C2C43. The summed E-state index contributed by atoms with van der Waals surface area (Å²) in [5.41, 5.74) is 11.3. The largest absolute Gasteiger partial charge is 0.0804 e. The second kappa shape index (κ2) is 9.43. The van der Waals surface area contributed by atoms with Gasteiger partial charge in [-0.1, -0.05) is 158 Å². The second-order valence-corrected chi connectivity index (χ2v) is 12.3. The third kappa shape index (κ3) is 3.48. The molecule has 6 aliphatic rings. The van der Waals surface area contributed by atoms with Crippen molar-refractivity contribution in [1.29, 1.82) is 0 Å². The van der Waals surface area contributed by atoms with Crippen LogP contribution in [0.5, 0.6) is 0 Å². The van der Waals surface area contributed by atoms with Gasteiger partial charge in [-0.2, -0.15) is 0 Å². The molecule has 0 N–H and O–H groups in total. The Morgan fingerprint density at radius 1 is 0.452 bits per heavy atom. The molecule has 42 heavy (non-hydrogen) atoms. The molecule has 0 amide bonds. The number of allylic oxidation sites excluding steroid dienone is 16. The Bertz CT molecular complexity index is 2000. The lowest BCUT2D eigenvalue weighted by atomic mass is 9.58. The Morgan fingerprint density at radius 2 is 1.12 bits per heavy atom. The lowest BCUT2D eigenvalue weighted by molar-refractivity contribution is 0.318. The van der Waals surface area contributed by atoms with E-state index in [2.05, 4.69) is 158 Å². The highest BCUT2D eigenvalue weighted by Crippen LogP contribution is 2.53. The lowest BCUT2D eigenvalue weighted by Crippen LogP contribution is -2.42. The molecule has 0 nitrogen and oxygen atoms in total. The van der Waals surface area contributed by atoms with E-state index in [1.807, 2.05) is 0 Å². The Kier molecular flexibility index (Phi) is 5.38. The summed E-state index contributed by atoms with van der Waals surface area (Å²) in [6.07, 6.45) is 31.1. The van der Waals surface area contributed by atoms with Crippen molar-refractivity contribution in [2.45, 2.75) is 0 Å². The van der Waals surface area contributed by atoms with Crippen LogP contribution in [0.15, 0.2) is 175 Å². The van der Waals surface area contributed by atoms with Crippen molar-refractivity contribution in [3.8, 4) is 11.1 Å². The molecule has 0 fully saturated rings. The molecule has 0 saturated heterocycles. The van der Waals surface area contributed by atoms with Gasteiger partial charge in [0.15, 0.2) is 0 Å². The van der Waals surface area contributed by atoms with Gasteiger partial charge in [-0.25, -0.2) is 0 Å². The predicted octanol–water partition coefficient (Wildman–Crippen LogP) is 8.04. The molecule has 0 aromatic heterocycles. The molecule has 0 spiro atoms. The fraction of sp³-hybridized carbons (Fsp3) is 0.143. The second-order valence-electron chi connectivity index (χ2n) is 12.3. The molecule has 200 valence electrons. The number of fused-ring (bicyclic) bond motifs is 2. The maximum Gasteiger partial charge on any atom is 0.0137 e. The molecule has 3 aromatic carbocycles. The van der Waals surface area contributed by atoms with Crippen LogP contribution < -0.4 is 10.4 Å². The van der Waals surface area contributed by atoms with Gasteiger partial charge in [0.25, 0.3) is 0 Å². The van der Waals surface area contributed by atoms with Crippen molar-refractivity contribution >= 4 is 11.1 Å². The fourth-order valence-corrected chi connectivity index (χ4v) is 8.57. The van der Waals surface area contributed by atoms with Crippen molar-refractivity contribution in [2.24, 2.45) is 35.5 Å². The highest BCUT2D eigenvalue weighted by molar-refractivity contribution is 5.88. The van der Waals surface area contributed by atoms with E-state index < -0.39 is 0 Å². The standard InChI is InChI=1S/C42H32/c1-2-11-27(12-3-1)31-15-4-5-16-32(31)41-33-17-6-8-19-35(33)42(36-20-9-7-18-34(36)41)38-26-24-30-22-21-28-13-10-14-29-23-25-37(38)40(30)39(28)29/h1-26,28,30,33,35,39-40H. The van der Waals surface area contributed by atoms with Crippen molar-refractivity contribution in [3.63, 3.8) is 0 Å². The normalized spacial score (nSPS) is 29.3. The molecule has 3 aromatic rings. The van der Waals surface area contributed by atoms with Gasteiger partial charge in [-0.15, -0.1) is 0 Å². The summed E-state index contributed by atoms with van der Waals surface area (Å²) in [5, 5.41) is 2.74. The molecule has 0 radical (unpaired) electrons. The van der Waals surface area contributed by atoms with Gasteiger partial charge in [0.05, 0.1) is 0 Å². The van der Waals surface area contributed by atoms with E-state index in [1.54, 1.807) is 0 Å². The van der Waals surface area contributed by atoms with Crippen LogP contribution in [-0.4, -0.2) is 0 Å². The van der Waals surface area contributed by atoms with Crippen LogP contribution in [0, 0.1) is 35.5 Å². The summed E-state index contributed by atoms with van der Waals surface area (Å²) in [6, 6.07) is 29.0. The van der Waals surface area contributed by atoms with Crippen LogP contribution >= 0.6 is 0 Å². The molecule has 0 bridgehead atoms. The monoisotopic (exact) mass is 536 g/mol. The van der Waals surface area contributed by atoms with E-state index in [0.717, 1.165) is 0 Å². The molecule has 6 unspecified atom stereocenters. The van der Waals surface area contributed by atoms with Crippen molar-refractivity contribution in [1.82, 2.24) is 0 Å². The first-order chi connectivity index (χ1) is 20.9. The molecule has 6 atom stereocenters. The van der Waals surface area contributed by atoms with Crippen LogP contribution in [0.25, 0.3) is 22.3 Å². The van der Waals surface area contributed by atoms with Gasteiger partial charge in [-0.05, 0) is 55.0 Å². The quantitative estimate of drug-likeness (QED) is 0.297. The minimum Gasteiger partial charge on any atom is -0.0804 e. The molecular weight excluding hydrogens is 504 g/mol. The first-order valence-corrected chi connectivity index (χ1v) is 15.4. The van der Waals surface area contributed by atoms with Crippen molar-refractivity contribution in [2.75, 3.05) is 0 Å².